The Labute approximate surface area is 278 Å². The summed E-state index contributed by atoms with van der Waals surface area (Å²) in [5.74, 6) is -0.600. The molecule has 1 heterocycles. The summed E-state index contributed by atoms with van der Waals surface area (Å²) in [5.41, 5.74) is 4.28. The van der Waals surface area contributed by atoms with Gasteiger partial charge in [0.25, 0.3) is 0 Å². The van der Waals surface area contributed by atoms with Crippen LogP contribution in [0.4, 0.5) is 5.69 Å². The number of para-hydroxylation sites is 1. The molecule has 0 aliphatic rings. The minimum Gasteiger partial charge on any atom is -0.494 e. The molecule has 8 heteroatoms. The molecule has 2 N–H and O–H groups in total. The molecule has 47 heavy (non-hydrogen) atoms. The van der Waals surface area contributed by atoms with E-state index in [9.17, 15) is 19.5 Å². The van der Waals surface area contributed by atoms with Crippen molar-refractivity contribution in [1.82, 2.24) is 4.90 Å². The van der Waals surface area contributed by atoms with Crippen molar-refractivity contribution >= 4 is 40.8 Å². The van der Waals surface area contributed by atoms with Gasteiger partial charge >= 0.3 is 5.97 Å². The second kappa shape index (κ2) is 16.7. The van der Waals surface area contributed by atoms with Crippen molar-refractivity contribution in [2.45, 2.75) is 25.4 Å². The number of carboxylic acids is 1. The average Bonchev–Trinajstić information content (AvgIpc) is 3.63. The first-order valence-corrected chi connectivity index (χ1v) is 16.3. The summed E-state index contributed by atoms with van der Waals surface area (Å²) in [6.45, 7) is 1.45. The molecule has 0 saturated heterocycles. The molecule has 1 atom stereocenters. The van der Waals surface area contributed by atoms with Gasteiger partial charge in [-0.05, 0) is 70.3 Å². The summed E-state index contributed by atoms with van der Waals surface area (Å²) >= 11 is 1.59. The van der Waals surface area contributed by atoms with Crippen LogP contribution in [-0.2, 0) is 22.6 Å². The lowest BCUT2D eigenvalue weighted by molar-refractivity contribution is -0.137. The number of nitrogens with one attached hydrogen (secondary N) is 1. The minimum absolute atomic E-state index is 0.0574. The van der Waals surface area contributed by atoms with Gasteiger partial charge in [0.2, 0.25) is 5.91 Å². The normalized spacial score (nSPS) is 11.6. The van der Waals surface area contributed by atoms with Gasteiger partial charge in [0.05, 0.1) is 6.61 Å². The number of anilines is 1. The number of hydrogen-bond donors (Lipinski definition) is 2. The molecular formula is C39H36N2O5S. The summed E-state index contributed by atoms with van der Waals surface area (Å²) in [6.07, 6.45) is 4.30. The Morgan fingerprint density at radius 1 is 0.830 bits per heavy atom. The van der Waals surface area contributed by atoms with Crippen molar-refractivity contribution in [3.05, 3.63) is 160 Å². The lowest BCUT2D eigenvalue weighted by Crippen LogP contribution is -2.32. The van der Waals surface area contributed by atoms with Crippen LogP contribution in [0.5, 0.6) is 5.75 Å². The Hall–Kier alpha value is -5.47. The molecule has 238 valence electrons. The average molecular weight is 645 g/mol. The van der Waals surface area contributed by atoms with Crippen LogP contribution < -0.4 is 10.1 Å². The molecule has 5 rings (SSSR count). The van der Waals surface area contributed by atoms with Crippen LogP contribution in [0, 0.1) is 0 Å². The third-order valence-electron chi connectivity index (χ3n) is 7.53. The molecule has 0 aliphatic heterocycles. The molecule has 0 bridgehead atoms. The Balaban J connectivity index is 1.15. The van der Waals surface area contributed by atoms with Crippen molar-refractivity contribution in [3.63, 3.8) is 0 Å². The Bertz CT molecular complexity index is 1770. The number of hydrogen-bond acceptors (Lipinski definition) is 6. The summed E-state index contributed by atoms with van der Waals surface area (Å²) in [5, 5.41) is 17.0. The third kappa shape index (κ3) is 9.76. The Morgan fingerprint density at radius 2 is 1.53 bits per heavy atom. The number of aliphatic carboxylic acids is 1. The Kier molecular flexibility index (Phi) is 11.7. The maximum atomic E-state index is 13.1. The largest absolute Gasteiger partial charge is 0.494 e. The fraction of sp³-hybridized carbons (Fsp3) is 0.154. The maximum Gasteiger partial charge on any atom is 0.326 e. The molecule has 0 unspecified atom stereocenters. The topological polar surface area (TPSA) is 95.9 Å². The van der Waals surface area contributed by atoms with Crippen LogP contribution in [0.15, 0.2) is 132 Å². The summed E-state index contributed by atoms with van der Waals surface area (Å²) in [4.78, 5) is 40.2. The van der Waals surface area contributed by atoms with Crippen molar-refractivity contribution in [2.75, 3.05) is 18.5 Å². The number of ketones is 1. The van der Waals surface area contributed by atoms with E-state index in [1.165, 1.54) is 0 Å². The molecule has 4 aromatic carbocycles. The summed E-state index contributed by atoms with van der Waals surface area (Å²) in [7, 11) is 0. The first-order valence-electron chi connectivity index (χ1n) is 15.4. The fourth-order valence-electron chi connectivity index (χ4n) is 5.06. The van der Waals surface area contributed by atoms with E-state index in [1.54, 1.807) is 65.9 Å². The van der Waals surface area contributed by atoms with E-state index in [0.29, 0.717) is 48.7 Å². The zero-order valence-electron chi connectivity index (χ0n) is 25.8. The number of nitrogens with zero attached hydrogens (tertiary/aromatic N) is 1. The summed E-state index contributed by atoms with van der Waals surface area (Å²) < 4.78 is 5.97. The van der Waals surface area contributed by atoms with Gasteiger partial charge in [0.1, 0.15) is 11.8 Å². The summed E-state index contributed by atoms with van der Waals surface area (Å²) in [6, 6.07) is 34.1. The minimum atomic E-state index is -1.02. The number of carbonyl (C=O) groups excluding carboxylic acids is 2. The van der Waals surface area contributed by atoms with Gasteiger partial charge in [0, 0.05) is 42.4 Å². The van der Waals surface area contributed by atoms with Crippen LogP contribution in [0.2, 0.25) is 0 Å². The van der Waals surface area contributed by atoms with Gasteiger partial charge < -0.3 is 20.1 Å². The van der Waals surface area contributed by atoms with E-state index in [4.69, 9.17) is 4.74 Å². The highest BCUT2D eigenvalue weighted by molar-refractivity contribution is 7.08. The van der Waals surface area contributed by atoms with E-state index >= 15 is 0 Å². The Morgan fingerprint density at radius 3 is 2.23 bits per heavy atom. The second-order valence-corrected chi connectivity index (χ2v) is 11.7. The van der Waals surface area contributed by atoms with Gasteiger partial charge in [-0.1, -0.05) is 84.9 Å². The lowest BCUT2D eigenvalue weighted by atomic mass is 10.00. The highest BCUT2D eigenvalue weighted by Crippen LogP contribution is 2.22. The molecule has 1 amide bonds. The molecule has 0 spiro atoms. The highest BCUT2D eigenvalue weighted by Gasteiger charge is 2.21. The standard InChI is InChI=1S/C39H36N2O5S/c42-37(21-18-31-22-25-47-28-31)41(27-30-10-3-1-4-11-30)23-9-24-46-33-19-16-29(17-20-33)26-36(39(44)45)40-35-15-8-7-14-34(35)38(43)32-12-5-2-6-13-32/h1-8,10-22,25,28,36,40H,9,23-24,26-27H2,(H,44,45)/b21-18+/t36-/m0/s1. The quantitative estimate of drug-likeness (QED) is 0.0653. The van der Waals surface area contributed by atoms with Crippen molar-refractivity contribution in [3.8, 4) is 5.75 Å². The molecule has 0 aliphatic carbocycles. The molecule has 5 aromatic rings. The monoisotopic (exact) mass is 644 g/mol. The van der Waals surface area contributed by atoms with Gasteiger partial charge in [-0.15, -0.1) is 0 Å². The van der Waals surface area contributed by atoms with Crippen LogP contribution >= 0.6 is 11.3 Å². The molecule has 1 aromatic heterocycles. The molecule has 0 saturated carbocycles. The lowest BCUT2D eigenvalue weighted by Gasteiger charge is -2.21. The maximum absolute atomic E-state index is 13.1. The smallest absolute Gasteiger partial charge is 0.326 e. The van der Waals surface area contributed by atoms with E-state index in [1.807, 2.05) is 88.5 Å². The van der Waals surface area contributed by atoms with Crippen molar-refractivity contribution in [1.29, 1.82) is 0 Å². The number of ether oxygens (including phenoxy) is 1. The van der Waals surface area contributed by atoms with Crippen LogP contribution in [0.1, 0.15) is 39.0 Å². The van der Waals surface area contributed by atoms with Gasteiger partial charge in [0.15, 0.2) is 5.78 Å². The van der Waals surface area contributed by atoms with E-state index in [0.717, 1.165) is 16.7 Å². The number of carbonyl (C=O) groups is 3. The molecule has 0 radical (unpaired) electrons. The van der Waals surface area contributed by atoms with Crippen LogP contribution in [0.25, 0.3) is 6.08 Å². The zero-order valence-corrected chi connectivity index (χ0v) is 26.6. The van der Waals surface area contributed by atoms with Gasteiger partial charge in [-0.25, -0.2) is 4.79 Å². The second-order valence-electron chi connectivity index (χ2n) is 11.0. The zero-order chi connectivity index (χ0) is 32.8. The van der Waals surface area contributed by atoms with E-state index in [2.05, 4.69) is 5.32 Å². The number of rotatable bonds is 16. The first-order chi connectivity index (χ1) is 23.0. The van der Waals surface area contributed by atoms with Crippen molar-refractivity contribution < 1.29 is 24.2 Å². The van der Waals surface area contributed by atoms with Crippen LogP contribution in [0.3, 0.4) is 0 Å². The number of amides is 1. The SMILES string of the molecule is O=C(c1ccccc1)c1ccccc1N[C@@H](Cc1ccc(OCCCN(Cc2ccccc2)C(=O)/C=C/c2ccsc2)cc1)C(=O)O. The van der Waals surface area contributed by atoms with E-state index < -0.39 is 12.0 Å². The third-order valence-corrected chi connectivity index (χ3v) is 8.23. The van der Waals surface area contributed by atoms with Crippen LogP contribution in [-0.4, -0.2) is 46.9 Å². The van der Waals surface area contributed by atoms with E-state index in [-0.39, 0.29) is 18.1 Å². The molecular weight excluding hydrogens is 609 g/mol. The number of carboxylic acid groups (broad SMARTS) is 1. The van der Waals surface area contributed by atoms with Gasteiger partial charge in [-0.3, -0.25) is 9.59 Å². The fourth-order valence-corrected chi connectivity index (χ4v) is 5.68. The first kappa shape index (κ1) is 32.9. The van der Waals surface area contributed by atoms with Gasteiger partial charge in [-0.2, -0.15) is 11.3 Å². The molecule has 0 fully saturated rings. The molecule has 7 nitrogen and oxygen atoms in total. The predicted molar refractivity (Wildman–Crippen MR) is 187 cm³/mol. The number of benzene rings is 4. The highest BCUT2D eigenvalue weighted by atomic mass is 32.1. The number of thiophene rings is 1. The van der Waals surface area contributed by atoms with Crippen molar-refractivity contribution in [2.24, 2.45) is 0 Å². The predicted octanol–water partition coefficient (Wildman–Crippen LogP) is 7.60.